The molecule has 1 aromatic rings. The van der Waals surface area contributed by atoms with Crippen molar-refractivity contribution in [3.8, 4) is 5.75 Å². The molecule has 1 aliphatic heterocycles. The van der Waals surface area contributed by atoms with Crippen molar-refractivity contribution in [3.05, 3.63) is 28.8 Å². The molecule has 0 atom stereocenters. The van der Waals surface area contributed by atoms with E-state index in [1.165, 1.54) is 0 Å². The van der Waals surface area contributed by atoms with E-state index in [1.54, 1.807) is 0 Å². The van der Waals surface area contributed by atoms with Gasteiger partial charge in [0.05, 0.1) is 6.61 Å². The van der Waals surface area contributed by atoms with Gasteiger partial charge in [0.25, 0.3) is 0 Å². The van der Waals surface area contributed by atoms with Crippen LogP contribution in [0.15, 0.2) is 18.2 Å². The molecule has 0 spiro atoms. The molecular formula is C17H26ClNO2. The number of hydrogen-bond donors (Lipinski definition) is 1. The van der Waals surface area contributed by atoms with E-state index in [0.29, 0.717) is 11.8 Å². The zero-order valence-electron chi connectivity index (χ0n) is 13.0. The van der Waals surface area contributed by atoms with Gasteiger partial charge in [-0.25, -0.2) is 0 Å². The summed E-state index contributed by atoms with van der Waals surface area (Å²) in [6.07, 6.45) is 2.17. The smallest absolute Gasteiger partial charge is 0.125 e. The lowest BCUT2D eigenvalue weighted by molar-refractivity contribution is 0.0496. The minimum Gasteiger partial charge on any atom is -0.493 e. The summed E-state index contributed by atoms with van der Waals surface area (Å²) < 4.78 is 11.4. The molecule has 1 N–H and O–H groups in total. The largest absolute Gasteiger partial charge is 0.493 e. The Kier molecular flexibility index (Phi) is 6.81. The Balaban J connectivity index is 1.92. The Labute approximate surface area is 133 Å². The third kappa shape index (κ3) is 5.50. The molecule has 0 unspecified atom stereocenters. The van der Waals surface area contributed by atoms with Crippen LogP contribution in [0.25, 0.3) is 0 Å². The first-order valence-electron chi connectivity index (χ1n) is 7.85. The Bertz CT molecular complexity index is 431. The van der Waals surface area contributed by atoms with Crippen LogP contribution in [-0.2, 0) is 11.3 Å². The van der Waals surface area contributed by atoms with Gasteiger partial charge in [0, 0.05) is 30.3 Å². The van der Waals surface area contributed by atoms with Crippen LogP contribution in [0.4, 0.5) is 0 Å². The maximum atomic E-state index is 6.33. The Hall–Kier alpha value is -0.770. The fraction of sp³-hybridized carbons (Fsp3) is 0.647. The van der Waals surface area contributed by atoms with Crippen molar-refractivity contribution in [2.75, 3.05) is 26.4 Å². The first-order chi connectivity index (χ1) is 10.2. The lowest BCUT2D eigenvalue weighted by atomic mass is 10.0. The first-order valence-corrected chi connectivity index (χ1v) is 8.23. The van der Waals surface area contributed by atoms with E-state index in [0.717, 1.165) is 62.1 Å². The van der Waals surface area contributed by atoms with Crippen molar-refractivity contribution in [2.45, 2.75) is 33.2 Å². The minimum atomic E-state index is 0.592. The van der Waals surface area contributed by atoms with Gasteiger partial charge in [0.2, 0.25) is 0 Å². The molecule has 21 heavy (non-hydrogen) atoms. The van der Waals surface area contributed by atoms with Gasteiger partial charge >= 0.3 is 0 Å². The van der Waals surface area contributed by atoms with Gasteiger partial charge < -0.3 is 14.8 Å². The van der Waals surface area contributed by atoms with E-state index in [4.69, 9.17) is 21.1 Å². The Morgan fingerprint density at radius 2 is 2.10 bits per heavy atom. The average Bonchev–Trinajstić information content (AvgIpc) is 2.48. The molecule has 1 fully saturated rings. The minimum absolute atomic E-state index is 0.592. The second-order valence-corrected chi connectivity index (χ2v) is 6.52. The summed E-state index contributed by atoms with van der Waals surface area (Å²) in [7, 11) is 0. The highest BCUT2D eigenvalue weighted by atomic mass is 35.5. The lowest BCUT2D eigenvalue weighted by Gasteiger charge is -2.23. The van der Waals surface area contributed by atoms with E-state index < -0.39 is 0 Å². The highest BCUT2D eigenvalue weighted by molar-refractivity contribution is 6.31. The van der Waals surface area contributed by atoms with Crippen molar-refractivity contribution in [2.24, 2.45) is 11.8 Å². The van der Waals surface area contributed by atoms with E-state index in [9.17, 15) is 0 Å². The molecule has 0 amide bonds. The quantitative estimate of drug-likeness (QED) is 0.828. The molecular weight excluding hydrogens is 286 g/mol. The number of rotatable bonds is 7. The monoisotopic (exact) mass is 311 g/mol. The maximum Gasteiger partial charge on any atom is 0.125 e. The van der Waals surface area contributed by atoms with Gasteiger partial charge in [0.1, 0.15) is 5.75 Å². The molecule has 0 radical (unpaired) electrons. The number of ether oxygens (including phenoxy) is 2. The Morgan fingerprint density at radius 1 is 1.33 bits per heavy atom. The number of hydrogen-bond acceptors (Lipinski definition) is 3. The SMILES string of the molecule is CC(C)CNCc1c(Cl)cccc1OCC1CCOCC1. The van der Waals surface area contributed by atoms with Crippen molar-refractivity contribution in [3.63, 3.8) is 0 Å². The molecule has 0 aromatic heterocycles. The number of nitrogens with one attached hydrogen (secondary N) is 1. The summed E-state index contributed by atoms with van der Waals surface area (Å²) in [5, 5.41) is 4.21. The summed E-state index contributed by atoms with van der Waals surface area (Å²) in [4.78, 5) is 0. The average molecular weight is 312 g/mol. The summed E-state index contributed by atoms with van der Waals surface area (Å²) in [6.45, 7) is 8.58. The van der Waals surface area contributed by atoms with Crippen molar-refractivity contribution in [1.29, 1.82) is 0 Å². The zero-order valence-corrected chi connectivity index (χ0v) is 13.8. The normalized spacial score (nSPS) is 16.4. The first kappa shape index (κ1) is 16.6. The van der Waals surface area contributed by atoms with E-state index in [1.807, 2.05) is 18.2 Å². The second kappa shape index (κ2) is 8.62. The zero-order chi connectivity index (χ0) is 15.1. The molecule has 1 saturated heterocycles. The van der Waals surface area contributed by atoms with Gasteiger partial charge in [-0.2, -0.15) is 0 Å². The van der Waals surface area contributed by atoms with Gasteiger partial charge in [-0.1, -0.05) is 31.5 Å². The topological polar surface area (TPSA) is 30.5 Å². The summed E-state index contributed by atoms with van der Waals surface area (Å²) >= 11 is 6.33. The summed E-state index contributed by atoms with van der Waals surface area (Å²) in [5.74, 6) is 2.12. The van der Waals surface area contributed by atoms with Crippen LogP contribution < -0.4 is 10.1 Å². The van der Waals surface area contributed by atoms with Gasteiger partial charge in [-0.15, -0.1) is 0 Å². The molecule has 1 aromatic carbocycles. The van der Waals surface area contributed by atoms with Crippen molar-refractivity contribution in [1.82, 2.24) is 5.32 Å². The van der Waals surface area contributed by atoms with Crippen LogP contribution in [0.1, 0.15) is 32.3 Å². The fourth-order valence-electron chi connectivity index (χ4n) is 2.45. The van der Waals surface area contributed by atoms with Crippen molar-refractivity contribution >= 4 is 11.6 Å². The van der Waals surface area contributed by atoms with Crippen LogP contribution in [0, 0.1) is 11.8 Å². The lowest BCUT2D eigenvalue weighted by Crippen LogP contribution is -2.23. The fourth-order valence-corrected chi connectivity index (χ4v) is 2.68. The van der Waals surface area contributed by atoms with Crippen LogP contribution in [-0.4, -0.2) is 26.4 Å². The molecule has 1 heterocycles. The second-order valence-electron chi connectivity index (χ2n) is 6.11. The molecule has 0 saturated carbocycles. The van der Waals surface area contributed by atoms with Crippen LogP contribution in [0.2, 0.25) is 5.02 Å². The third-order valence-corrected chi connectivity index (χ3v) is 4.10. The molecule has 4 heteroatoms. The van der Waals surface area contributed by atoms with Crippen molar-refractivity contribution < 1.29 is 9.47 Å². The van der Waals surface area contributed by atoms with Gasteiger partial charge in [0.15, 0.2) is 0 Å². The molecule has 2 rings (SSSR count). The molecule has 1 aliphatic rings. The standard InChI is InChI=1S/C17H26ClNO2/c1-13(2)10-19-11-15-16(18)4-3-5-17(15)21-12-14-6-8-20-9-7-14/h3-5,13-14,19H,6-12H2,1-2H3. The predicted molar refractivity (Wildman–Crippen MR) is 87.0 cm³/mol. The van der Waals surface area contributed by atoms with E-state index in [2.05, 4.69) is 19.2 Å². The summed E-state index contributed by atoms with van der Waals surface area (Å²) in [5.41, 5.74) is 1.06. The van der Waals surface area contributed by atoms with Crippen LogP contribution in [0.3, 0.4) is 0 Å². The highest BCUT2D eigenvalue weighted by Crippen LogP contribution is 2.27. The molecule has 0 aliphatic carbocycles. The molecule has 3 nitrogen and oxygen atoms in total. The van der Waals surface area contributed by atoms with E-state index in [-0.39, 0.29) is 0 Å². The molecule has 118 valence electrons. The molecule has 0 bridgehead atoms. The van der Waals surface area contributed by atoms with Gasteiger partial charge in [-0.3, -0.25) is 0 Å². The van der Waals surface area contributed by atoms with Crippen LogP contribution in [0.5, 0.6) is 5.75 Å². The van der Waals surface area contributed by atoms with Crippen LogP contribution >= 0.6 is 11.6 Å². The highest BCUT2D eigenvalue weighted by Gasteiger charge is 2.16. The summed E-state index contributed by atoms with van der Waals surface area (Å²) in [6, 6.07) is 5.89. The predicted octanol–water partition coefficient (Wildman–Crippen LogP) is 3.89. The number of benzene rings is 1. The maximum absolute atomic E-state index is 6.33. The number of halogens is 1. The van der Waals surface area contributed by atoms with Gasteiger partial charge in [-0.05, 0) is 43.4 Å². The Morgan fingerprint density at radius 3 is 2.81 bits per heavy atom. The van der Waals surface area contributed by atoms with E-state index >= 15 is 0 Å². The third-order valence-electron chi connectivity index (χ3n) is 3.75.